The van der Waals surface area contributed by atoms with Gasteiger partial charge in [0, 0.05) is 23.0 Å². The van der Waals surface area contributed by atoms with Crippen molar-refractivity contribution in [3.05, 3.63) is 53.9 Å². The molecule has 1 aromatic heterocycles. The van der Waals surface area contributed by atoms with Gasteiger partial charge < -0.3 is 5.32 Å². The number of nitrogens with zero attached hydrogens (tertiary/aromatic N) is 2. The molecule has 0 saturated heterocycles. The zero-order valence-electron chi connectivity index (χ0n) is 10.5. The molecule has 2 aromatic rings. The molecule has 0 fully saturated rings. The molecule has 0 aliphatic carbocycles. The molecule has 2 heterocycles. The van der Waals surface area contributed by atoms with Crippen molar-refractivity contribution in [3.63, 3.8) is 0 Å². The van der Waals surface area contributed by atoms with E-state index in [1.54, 1.807) is 6.07 Å². The number of hydrogen-bond acceptors (Lipinski definition) is 4. The lowest BCUT2D eigenvalue weighted by Gasteiger charge is -2.26. The minimum absolute atomic E-state index is 0.184. The summed E-state index contributed by atoms with van der Waals surface area (Å²) < 4.78 is 13.7. The molecule has 3 rings (SSSR count). The minimum atomic E-state index is -0.287. The second-order valence-electron chi connectivity index (χ2n) is 4.41. The van der Waals surface area contributed by atoms with Crippen molar-refractivity contribution in [2.24, 2.45) is 0 Å². The fraction of sp³-hybridized carbons (Fsp3) is 0.214. The molecule has 0 saturated carbocycles. The zero-order chi connectivity index (χ0) is 13.9. The van der Waals surface area contributed by atoms with E-state index in [1.807, 2.05) is 6.07 Å². The molecule has 102 valence electrons. The Kier molecular flexibility index (Phi) is 3.64. The van der Waals surface area contributed by atoms with Crippen molar-refractivity contribution in [2.75, 3.05) is 5.75 Å². The summed E-state index contributed by atoms with van der Waals surface area (Å²) in [6, 6.07) is 4.78. The maximum atomic E-state index is 13.7. The van der Waals surface area contributed by atoms with Crippen molar-refractivity contribution in [1.82, 2.24) is 15.3 Å². The first-order valence-corrected chi connectivity index (χ1v) is 7.22. The third-order valence-electron chi connectivity index (χ3n) is 3.13. The second-order valence-corrected chi connectivity index (χ2v) is 5.52. The number of rotatable bonds is 2. The van der Waals surface area contributed by atoms with Crippen LogP contribution in [0.5, 0.6) is 0 Å². The molecule has 4 nitrogen and oxygen atoms in total. The number of hydrogen-bond donors (Lipinski definition) is 1. The number of benzene rings is 1. The molecule has 20 heavy (non-hydrogen) atoms. The third-order valence-corrected chi connectivity index (χ3v) is 4.29. The molecular formula is C14H12FN3OS. The fourth-order valence-electron chi connectivity index (χ4n) is 2.18. The molecule has 1 N–H and O–H groups in total. The highest BCUT2D eigenvalue weighted by molar-refractivity contribution is 7.99. The zero-order valence-corrected chi connectivity index (χ0v) is 11.4. The monoisotopic (exact) mass is 289 g/mol. The summed E-state index contributed by atoms with van der Waals surface area (Å²) in [5, 5.41) is 2.90. The molecule has 0 bridgehead atoms. The quantitative estimate of drug-likeness (QED) is 0.923. The lowest BCUT2D eigenvalue weighted by molar-refractivity contribution is 0.0929. The van der Waals surface area contributed by atoms with Crippen molar-refractivity contribution >= 4 is 17.7 Å². The first kappa shape index (κ1) is 13.1. The highest BCUT2D eigenvalue weighted by atomic mass is 32.2. The van der Waals surface area contributed by atoms with Crippen LogP contribution >= 0.6 is 11.8 Å². The number of thioether (sulfide) groups is 1. The smallest absolute Gasteiger partial charge is 0.271 e. The molecule has 1 atom stereocenters. The van der Waals surface area contributed by atoms with Gasteiger partial charge in [-0.3, -0.25) is 9.78 Å². The van der Waals surface area contributed by atoms with Crippen molar-refractivity contribution in [3.8, 4) is 0 Å². The second kappa shape index (κ2) is 5.58. The molecule has 1 aliphatic heterocycles. The van der Waals surface area contributed by atoms with Gasteiger partial charge in [-0.1, -0.05) is 12.1 Å². The number of fused-ring (bicyclic) bond motifs is 1. The standard InChI is InChI=1S/C14H12FN3OS/c15-10-3-1-2-9-11(4-7-20-13(9)10)18-14(19)12-8-16-5-6-17-12/h1-3,5-6,8,11H,4,7H2,(H,18,19)/t11-/m1/s1. The van der Waals surface area contributed by atoms with E-state index in [-0.39, 0.29) is 23.5 Å². The third kappa shape index (κ3) is 2.51. The van der Waals surface area contributed by atoms with E-state index < -0.39 is 0 Å². The number of halogens is 1. The highest BCUT2D eigenvalue weighted by Gasteiger charge is 2.25. The Hall–Kier alpha value is -1.95. The highest BCUT2D eigenvalue weighted by Crippen LogP contribution is 2.37. The molecule has 1 aromatic carbocycles. The lowest BCUT2D eigenvalue weighted by Crippen LogP contribution is -2.31. The van der Waals surface area contributed by atoms with Gasteiger partial charge in [-0.25, -0.2) is 9.37 Å². The number of nitrogens with one attached hydrogen (secondary N) is 1. The minimum Gasteiger partial charge on any atom is -0.344 e. The van der Waals surface area contributed by atoms with Crippen LogP contribution in [0, 0.1) is 5.82 Å². The Bertz CT molecular complexity index is 636. The van der Waals surface area contributed by atoms with Crippen molar-refractivity contribution in [2.45, 2.75) is 17.4 Å². The van der Waals surface area contributed by atoms with Gasteiger partial charge in [-0.15, -0.1) is 11.8 Å². The van der Waals surface area contributed by atoms with E-state index in [0.717, 1.165) is 17.7 Å². The Balaban J connectivity index is 1.84. The molecule has 0 spiro atoms. The van der Waals surface area contributed by atoms with Gasteiger partial charge >= 0.3 is 0 Å². The van der Waals surface area contributed by atoms with Gasteiger partial charge in [0.1, 0.15) is 11.5 Å². The predicted octanol–water partition coefficient (Wildman–Crippen LogP) is 2.58. The van der Waals surface area contributed by atoms with Gasteiger partial charge in [0.25, 0.3) is 5.91 Å². The fourth-order valence-corrected chi connectivity index (χ4v) is 3.33. The van der Waals surface area contributed by atoms with Crippen molar-refractivity contribution < 1.29 is 9.18 Å². The van der Waals surface area contributed by atoms with Gasteiger partial charge in [0.05, 0.1) is 12.2 Å². The van der Waals surface area contributed by atoms with Gasteiger partial charge in [0.2, 0.25) is 0 Å². The van der Waals surface area contributed by atoms with Crippen LogP contribution in [0.15, 0.2) is 41.7 Å². The molecule has 1 aliphatic rings. The Morgan fingerprint density at radius 3 is 3.10 bits per heavy atom. The summed E-state index contributed by atoms with van der Waals surface area (Å²) >= 11 is 1.49. The summed E-state index contributed by atoms with van der Waals surface area (Å²) in [5.74, 6) is 0.260. The Labute approximate surface area is 119 Å². The van der Waals surface area contributed by atoms with E-state index in [4.69, 9.17) is 0 Å². The van der Waals surface area contributed by atoms with E-state index in [0.29, 0.717) is 4.90 Å². The van der Waals surface area contributed by atoms with E-state index >= 15 is 0 Å². The number of carbonyl (C=O) groups excluding carboxylic acids is 1. The van der Waals surface area contributed by atoms with E-state index in [2.05, 4.69) is 15.3 Å². The normalized spacial score (nSPS) is 17.4. The summed E-state index contributed by atoms with van der Waals surface area (Å²) in [4.78, 5) is 20.6. The van der Waals surface area contributed by atoms with Gasteiger partial charge in [-0.2, -0.15) is 0 Å². The summed E-state index contributed by atoms with van der Waals surface area (Å²) in [6.07, 6.45) is 5.17. The van der Waals surface area contributed by atoms with Crippen LogP contribution in [-0.2, 0) is 0 Å². The van der Waals surface area contributed by atoms with Crippen LogP contribution in [0.1, 0.15) is 28.5 Å². The van der Waals surface area contributed by atoms with Crippen LogP contribution in [0.2, 0.25) is 0 Å². The summed E-state index contributed by atoms with van der Waals surface area (Å²) in [5.41, 5.74) is 1.10. The van der Waals surface area contributed by atoms with Gasteiger partial charge in [0.15, 0.2) is 0 Å². The number of carbonyl (C=O) groups is 1. The van der Waals surface area contributed by atoms with Crippen molar-refractivity contribution in [1.29, 1.82) is 0 Å². The maximum Gasteiger partial charge on any atom is 0.271 e. The SMILES string of the molecule is O=C(N[C@@H]1CCSc2c(F)cccc21)c1cnccn1. The van der Waals surface area contributed by atoms with Crippen LogP contribution in [0.4, 0.5) is 4.39 Å². The molecule has 6 heteroatoms. The van der Waals surface area contributed by atoms with E-state index in [9.17, 15) is 9.18 Å². The van der Waals surface area contributed by atoms with Crippen LogP contribution < -0.4 is 5.32 Å². The molecule has 0 unspecified atom stereocenters. The average molecular weight is 289 g/mol. The number of amides is 1. The largest absolute Gasteiger partial charge is 0.344 e. The lowest BCUT2D eigenvalue weighted by atomic mass is 10.0. The van der Waals surface area contributed by atoms with Gasteiger partial charge in [-0.05, 0) is 18.1 Å². The Morgan fingerprint density at radius 1 is 1.40 bits per heavy atom. The maximum absolute atomic E-state index is 13.7. The van der Waals surface area contributed by atoms with Crippen LogP contribution in [-0.4, -0.2) is 21.6 Å². The molecular weight excluding hydrogens is 277 g/mol. The summed E-state index contributed by atoms with van der Waals surface area (Å²) in [7, 11) is 0. The predicted molar refractivity (Wildman–Crippen MR) is 74.0 cm³/mol. The number of aromatic nitrogens is 2. The van der Waals surface area contributed by atoms with Crippen LogP contribution in [0.25, 0.3) is 0 Å². The Morgan fingerprint density at radius 2 is 2.30 bits per heavy atom. The first-order chi connectivity index (χ1) is 9.75. The average Bonchev–Trinajstić information content (AvgIpc) is 2.49. The summed E-state index contributed by atoms with van der Waals surface area (Å²) in [6.45, 7) is 0. The first-order valence-electron chi connectivity index (χ1n) is 6.24. The van der Waals surface area contributed by atoms with Crippen LogP contribution in [0.3, 0.4) is 0 Å². The topological polar surface area (TPSA) is 54.9 Å². The molecule has 0 radical (unpaired) electrons. The molecule has 1 amide bonds. The van der Waals surface area contributed by atoms with E-state index in [1.165, 1.54) is 36.4 Å².